The fraction of sp³-hybridized carbons (Fsp3) is 0.192. The zero-order chi connectivity index (χ0) is 24.9. The number of benzene rings is 3. The summed E-state index contributed by atoms with van der Waals surface area (Å²) in [5.74, 6) is -1.33. The van der Waals surface area contributed by atoms with Gasteiger partial charge in [0.25, 0.3) is 10.0 Å². The van der Waals surface area contributed by atoms with Crippen LogP contribution in [0.15, 0.2) is 71.6 Å². The molecule has 9 heteroatoms. The number of carbonyl (C=O) groups is 1. The molecular weight excluding hydrogens is 469 g/mol. The number of anilines is 1. The summed E-state index contributed by atoms with van der Waals surface area (Å²) in [5, 5.41) is 13.8. The Labute approximate surface area is 202 Å². The Morgan fingerprint density at radius 3 is 2.43 bits per heavy atom. The molecule has 3 aromatic carbocycles. The third-order valence-corrected chi connectivity index (χ3v) is 8.35. The Morgan fingerprint density at radius 2 is 1.77 bits per heavy atom. The van der Waals surface area contributed by atoms with Crippen LogP contribution >= 0.6 is 0 Å². The first kappa shape index (κ1) is 23.1. The molecule has 0 saturated heterocycles. The number of nitrogens with zero attached hydrogens (tertiary/aromatic N) is 1. The molecular formula is C26H24FN3O4S. The van der Waals surface area contributed by atoms with E-state index in [4.69, 9.17) is 0 Å². The van der Waals surface area contributed by atoms with E-state index in [1.807, 2.05) is 6.92 Å². The van der Waals surface area contributed by atoms with Crippen molar-refractivity contribution in [1.82, 2.24) is 10.3 Å². The van der Waals surface area contributed by atoms with Gasteiger partial charge in [-0.15, -0.1) is 0 Å². The van der Waals surface area contributed by atoms with E-state index >= 15 is 0 Å². The maximum atomic E-state index is 14.0. The van der Waals surface area contributed by atoms with Crippen LogP contribution < -0.4 is 9.62 Å². The number of aryl methyl sites for hydroxylation is 1. The van der Waals surface area contributed by atoms with Crippen LogP contribution in [0.5, 0.6) is 0 Å². The summed E-state index contributed by atoms with van der Waals surface area (Å²) < 4.78 is 41.2. The van der Waals surface area contributed by atoms with E-state index in [1.165, 1.54) is 23.5 Å². The molecule has 2 atom stereocenters. The molecule has 5 rings (SSSR count). The first-order valence-electron chi connectivity index (χ1n) is 11.1. The molecule has 1 aliphatic heterocycles. The number of halogens is 1. The van der Waals surface area contributed by atoms with Crippen molar-refractivity contribution in [2.45, 2.75) is 30.3 Å². The first-order valence-corrected chi connectivity index (χ1v) is 12.5. The minimum absolute atomic E-state index is 0.190. The Hall–Kier alpha value is -3.69. The van der Waals surface area contributed by atoms with Crippen molar-refractivity contribution in [3.63, 3.8) is 0 Å². The van der Waals surface area contributed by atoms with Gasteiger partial charge in [-0.3, -0.25) is 14.4 Å². The number of aromatic nitrogens is 1. The van der Waals surface area contributed by atoms with Crippen LogP contribution in [0.3, 0.4) is 0 Å². The summed E-state index contributed by atoms with van der Waals surface area (Å²) in [4.78, 5) is 15.4. The third kappa shape index (κ3) is 3.96. The Balaban J connectivity index is 1.54. The predicted octanol–water partition coefficient (Wildman–Crippen LogP) is 4.13. The molecule has 0 aliphatic carbocycles. The van der Waals surface area contributed by atoms with Gasteiger partial charge in [0.1, 0.15) is 11.9 Å². The molecule has 1 aliphatic rings. The Morgan fingerprint density at radius 1 is 1.09 bits per heavy atom. The van der Waals surface area contributed by atoms with Crippen molar-refractivity contribution in [1.29, 1.82) is 0 Å². The highest BCUT2D eigenvalue weighted by Crippen LogP contribution is 2.37. The minimum Gasteiger partial charge on any atom is -0.480 e. The third-order valence-electron chi connectivity index (χ3n) is 6.55. The lowest BCUT2D eigenvalue weighted by Crippen LogP contribution is -2.45. The fourth-order valence-corrected chi connectivity index (χ4v) is 6.01. The van der Waals surface area contributed by atoms with E-state index in [0.717, 1.165) is 27.8 Å². The van der Waals surface area contributed by atoms with Crippen molar-refractivity contribution < 1.29 is 22.7 Å². The fourth-order valence-electron chi connectivity index (χ4n) is 4.79. The van der Waals surface area contributed by atoms with Gasteiger partial charge in [0.15, 0.2) is 0 Å². The molecule has 0 spiro atoms. The number of nitrogens with one attached hydrogen (secondary N) is 2. The monoisotopic (exact) mass is 493 g/mol. The minimum atomic E-state index is -3.73. The second-order valence-electron chi connectivity index (χ2n) is 8.73. The Kier molecular flexibility index (Phi) is 5.61. The van der Waals surface area contributed by atoms with Crippen LogP contribution in [0.25, 0.3) is 10.9 Å². The second-order valence-corrected chi connectivity index (χ2v) is 10.7. The molecule has 0 bridgehead atoms. The number of H-pyrrole nitrogens is 1. The highest BCUT2D eigenvalue weighted by Gasteiger charge is 2.34. The van der Waals surface area contributed by atoms with Gasteiger partial charge < -0.3 is 10.1 Å². The highest BCUT2D eigenvalue weighted by atomic mass is 32.2. The van der Waals surface area contributed by atoms with E-state index < -0.39 is 28.1 Å². The first-order chi connectivity index (χ1) is 16.7. The molecule has 35 heavy (non-hydrogen) atoms. The predicted molar refractivity (Wildman–Crippen MR) is 132 cm³/mol. The average Bonchev–Trinajstić information content (AvgIpc) is 3.22. The number of carboxylic acids is 1. The molecule has 2 heterocycles. The molecule has 4 aromatic rings. The van der Waals surface area contributed by atoms with Crippen LogP contribution in [0, 0.1) is 12.7 Å². The smallest absolute Gasteiger partial charge is 0.321 e. The average molecular weight is 494 g/mol. The lowest BCUT2D eigenvalue weighted by atomic mass is 9.89. The summed E-state index contributed by atoms with van der Waals surface area (Å²) in [6, 6.07) is 16.7. The van der Waals surface area contributed by atoms with Crippen molar-refractivity contribution in [2.24, 2.45) is 0 Å². The normalized spacial score (nSPS) is 17.8. The molecule has 7 nitrogen and oxygen atoms in total. The summed E-state index contributed by atoms with van der Waals surface area (Å²) >= 11 is 0. The number of hydrogen-bond acceptors (Lipinski definition) is 4. The van der Waals surface area contributed by atoms with Crippen LogP contribution in [0.4, 0.5) is 10.1 Å². The van der Waals surface area contributed by atoms with Crippen molar-refractivity contribution in [3.8, 4) is 0 Å². The van der Waals surface area contributed by atoms with Crippen LogP contribution in [-0.4, -0.2) is 37.6 Å². The molecule has 0 radical (unpaired) electrons. The summed E-state index contributed by atoms with van der Waals surface area (Å²) in [6.07, 6.45) is 0.268. The summed E-state index contributed by atoms with van der Waals surface area (Å²) in [6.45, 7) is 1.81. The van der Waals surface area contributed by atoms with E-state index in [2.05, 4.69) is 10.3 Å². The van der Waals surface area contributed by atoms with Gasteiger partial charge >= 0.3 is 5.97 Å². The van der Waals surface area contributed by atoms with Crippen molar-refractivity contribution in [2.75, 3.05) is 11.4 Å². The number of rotatable bonds is 5. The summed E-state index contributed by atoms with van der Waals surface area (Å²) in [5.41, 5.74) is 4.22. The van der Waals surface area contributed by atoms with Crippen molar-refractivity contribution in [3.05, 3.63) is 94.9 Å². The van der Waals surface area contributed by atoms with E-state index in [9.17, 15) is 22.7 Å². The van der Waals surface area contributed by atoms with Crippen molar-refractivity contribution >= 4 is 32.6 Å². The zero-order valence-corrected chi connectivity index (χ0v) is 19.9. The maximum Gasteiger partial charge on any atom is 0.321 e. The maximum absolute atomic E-state index is 14.0. The molecule has 3 N–H and O–H groups in total. The van der Waals surface area contributed by atoms with Gasteiger partial charge in [-0.25, -0.2) is 12.8 Å². The van der Waals surface area contributed by atoms with Gasteiger partial charge in [0.2, 0.25) is 0 Å². The lowest BCUT2D eigenvalue weighted by molar-refractivity contribution is -0.139. The number of hydrogen-bond donors (Lipinski definition) is 3. The van der Waals surface area contributed by atoms with Gasteiger partial charge in [0, 0.05) is 30.1 Å². The number of carboxylic acid groups (broad SMARTS) is 1. The lowest BCUT2D eigenvalue weighted by Gasteiger charge is -2.30. The number of aliphatic carboxylic acids is 1. The Bertz CT molecular complexity index is 1530. The molecule has 180 valence electrons. The topological polar surface area (TPSA) is 102 Å². The largest absolute Gasteiger partial charge is 0.480 e. The zero-order valence-electron chi connectivity index (χ0n) is 19.1. The standard InChI is InChI=1S/C26H24FN3O4S/c1-15-12-17(27)13-21-23(15)20-14-22(26(31)32)29-24(25(20)28-21)16-8-10-18(11-9-16)30(2)35(33,34)19-6-4-3-5-7-19/h3-13,22,24,28-29H,14H2,1-2H3,(H,31,32). The van der Waals surface area contributed by atoms with Crippen LogP contribution in [-0.2, 0) is 21.2 Å². The highest BCUT2D eigenvalue weighted by molar-refractivity contribution is 7.92. The number of fused-ring (bicyclic) bond motifs is 3. The number of aromatic amines is 1. The molecule has 0 saturated carbocycles. The quantitative estimate of drug-likeness (QED) is 0.388. The molecule has 1 aromatic heterocycles. The molecule has 2 unspecified atom stereocenters. The SMILES string of the molecule is Cc1cc(F)cc2[nH]c3c(c12)CC(C(=O)O)NC3c1ccc(N(C)S(=O)(=O)c2ccccc2)cc1. The van der Waals surface area contributed by atoms with Crippen LogP contribution in [0.1, 0.15) is 28.4 Å². The number of sulfonamides is 1. The summed E-state index contributed by atoms with van der Waals surface area (Å²) in [7, 11) is -2.24. The van der Waals surface area contributed by atoms with Gasteiger partial charge in [0.05, 0.1) is 16.6 Å². The van der Waals surface area contributed by atoms with Gasteiger partial charge in [-0.2, -0.15) is 0 Å². The van der Waals surface area contributed by atoms with E-state index in [0.29, 0.717) is 11.2 Å². The molecule has 0 amide bonds. The van der Waals surface area contributed by atoms with Crippen LogP contribution in [0.2, 0.25) is 0 Å². The van der Waals surface area contributed by atoms with Gasteiger partial charge in [-0.1, -0.05) is 30.3 Å². The second kappa shape index (κ2) is 8.51. The molecule has 0 fully saturated rings. The van der Waals surface area contributed by atoms with E-state index in [1.54, 1.807) is 54.6 Å². The van der Waals surface area contributed by atoms with Gasteiger partial charge in [-0.05, 0) is 60.0 Å². The van der Waals surface area contributed by atoms with E-state index in [-0.39, 0.29) is 17.1 Å².